The second-order valence-electron chi connectivity index (χ2n) is 4.83. The van der Waals surface area contributed by atoms with Crippen LogP contribution in [-0.2, 0) is 4.79 Å². The largest absolute Gasteiger partial charge is 0.481 e. The molecule has 0 heterocycles. The Balaban J connectivity index is 2.03. The molecule has 0 aliphatic heterocycles. The summed E-state index contributed by atoms with van der Waals surface area (Å²) in [5.41, 5.74) is 1.90. The normalized spacial score (nSPS) is 11.8. The van der Waals surface area contributed by atoms with E-state index in [2.05, 4.69) is 27.9 Å². The van der Waals surface area contributed by atoms with Gasteiger partial charge in [-0.05, 0) is 77.9 Å². The van der Waals surface area contributed by atoms with Crippen molar-refractivity contribution in [3.63, 3.8) is 0 Å². The number of benzene rings is 2. The van der Waals surface area contributed by atoms with Gasteiger partial charge in [0.2, 0.25) is 0 Å². The second kappa shape index (κ2) is 7.45. The van der Waals surface area contributed by atoms with Crippen LogP contribution in [0.15, 0.2) is 48.5 Å². The van der Waals surface area contributed by atoms with Crippen LogP contribution in [0.1, 0.15) is 18.9 Å². The lowest BCUT2D eigenvalue weighted by atomic mass is 10.2. The molecular weight excluding hydrogens is 377 g/mol. The molecule has 0 saturated heterocycles. The molecule has 110 valence electrons. The van der Waals surface area contributed by atoms with Gasteiger partial charge < -0.3 is 10.1 Å². The monoisotopic (exact) mass is 395 g/mol. The van der Waals surface area contributed by atoms with Gasteiger partial charge in [-0.2, -0.15) is 0 Å². The third kappa shape index (κ3) is 4.74. The van der Waals surface area contributed by atoms with Crippen molar-refractivity contribution in [2.45, 2.75) is 26.4 Å². The van der Waals surface area contributed by atoms with Crippen LogP contribution in [0, 0.1) is 10.5 Å². The van der Waals surface area contributed by atoms with E-state index in [1.807, 2.05) is 62.4 Å². The molecule has 2 aromatic rings. The van der Waals surface area contributed by atoms with Crippen molar-refractivity contribution in [3.05, 3.63) is 57.7 Å². The summed E-state index contributed by atoms with van der Waals surface area (Å²) in [5.74, 6) is 0.597. The lowest BCUT2D eigenvalue weighted by molar-refractivity contribution is -0.122. The fraction of sp³-hybridized carbons (Fsp3) is 0.235. The van der Waals surface area contributed by atoms with Crippen molar-refractivity contribution in [2.75, 3.05) is 5.32 Å². The SMILES string of the molecule is CC[C@H](Oc1cccc(C)c1)C(=O)Nc1ccc(I)cc1. The smallest absolute Gasteiger partial charge is 0.265 e. The van der Waals surface area contributed by atoms with Crippen molar-refractivity contribution in [1.29, 1.82) is 0 Å². The molecular formula is C17H18INO2. The zero-order chi connectivity index (χ0) is 15.2. The van der Waals surface area contributed by atoms with Crippen LogP contribution >= 0.6 is 22.6 Å². The van der Waals surface area contributed by atoms with Gasteiger partial charge in [0.15, 0.2) is 6.10 Å². The first-order valence-corrected chi connectivity index (χ1v) is 7.96. The predicted molar refractivity (Wildman–Crippen MR) is 93.7 cm³/mol. The van der Waals surface area contributed by atoms with E-state index >= 15 is 0 Å². The Morgan fingerprint density at radius 2 is 1.95 bits per heavy atom. The van der Waals surface area contributed by atoms with Gasteiger partial charge >= 0.3 is 0 Å². The molecule has 0 aliphatic carbocycles. The van der Waals surface area contributed by atoms with Crippen LogP contribution in [0.5, 0.6) is 5.75 Å². The number of amides is 1. The van der Waals surface area contributed by atoms with Crippen molar-refractivity contribution in [1.82, 2.24) is 0 Å². The van der Waals surface area contributed by atoms with E-state index in [0.29, 0.717) is 6.42 Å². The first-order chi connectivity index (χ1) is 10.1. The van der Waals surface area contributed by atoms with Gasteiger partial charge in [-0.3, -0.25) is 4.79 Å². The van der Waals surface area contributed by atoms with E-state index in [1.54, 1.807) is 0 Å². The number of aryl methyl sites for hydroxylation is 1. The molecule has 0 bridgehead atoms. The fourth-order valence-electron chi connectivity index (χ4n) is 1.93. The first kappa shape index (κ1) is 15.8. The molecule has 4 heteroatoms. The van der Waals surface area contributed by atoms with Crippen LogP contribution in [0.3, 0.4) is 0 Å². The van der Waals surface area contributed by atoms with Crippen LogP contribution in [-0.4, -0.2) is 12.0 Å². The lowest BCUT2D eigenvalue weighted by Gasteiger charge is -2.17. The number of nitrogens with one attached hydrogen (secondary N) is 1. The second-order valence-corrected chi connectivity index (χ2v) is 6.07. The van der Waals surface area contributed by atoms with Crippen LogP contribution in [0.4, 0.5) is 5.69 Å². The molecule has 0 radical (unpaired) electrons. The van der Waals surface area contributed by atoms with Gasteiger partial charge in [-0.15, -0.1) is 0 Å². The quantitative estimate of drug-likeness (QED) is 0.763. The Kier molecular flexibility index (Phi) is 5.61. The summed E-state index contributed by atoms with van der Waals surface area (Å²) < 4.78 is 6.92. The summed E-state index contributed by atoms with van der Waals surface area (Å²) in [6.07, 6.45) is 0.121. The highest BCUT2D eigenvalue weighted by molar-refractivity contribution is 14.1. The summed E-state index contributed by atoms with van der Waals surface area (Å²) in [6.45, 7) is 3.94. The Hall–Kier alpha value is -1.56. The van der Waals surface area contributed by atoms with Crippen molar-refractivity contribution in [2.24, 2.45) is 0 Å². The lowest BCUT2D eigenvalue weighted by Crippen LogP contribution is -2.32. The summed E-state index contributed by atoms with van der Waals surface area (Å²) in [6, 6.07) is 15.4. The number of hydrogen-bond donors (Lipinski definition) is 1. The zero-order valence-corrected chi connectivity index (χ0v) is 14.3. The van der Waals surface area contributed by atoms with Crippen LogP contribution in [0.25, 0.3) is 0 Å². The van der Waals surface area contributed by atoms with Crippen LogP contribution < -0.4 is 10.1 Å². The molecule has 0 unspecified atom stereocenters. The Labute approximate surface area is 138 Å². The molecule has 0 fully saturated rings. The van der Waals surface area contributed by atoms with Gasteiger partial charge in [0, 0.05) is 9.26 Å². The van der Waals surface area contributed by atoms with Gasteiger partial charge in [0.25, 0.3) is 5.91 Å². The Morgan fingerprint density at radius 1 is 1.24 bits per heavy atom. The average Bonchev–Trinajstić information content (AvgIpc) is 2.47. The maximum Gasteiger partial charge on any atom is 0.265 e. The summed E-state index contributed by atoms with van der Waals surface area (Å²) in [5, 5.41) is 2.89. The third-order valence-electron chi connectivity index (χ3n) is 3.04. The molecule has 21 heavy (non-hydrogen) atoms. The van der Waals surface area contributed by atoms with E-state index < -0.39 is 6.10 Å². The van der Waals surface area contributed by atoms with E-state index in [1.165, 1.54) is 0 Å². The number of rotatable bonds is 5. The minimum atomic E-state index is -0.494. The maximum absolute atomic E-state index is 12.3. The number of carbonyl (C=O) groups is 1. The molecule has 1 amide bonds. The molecule has 0 saturated carbocycles. The summed E-state index contributed by atoms with van der Waals surface area (Å²) in [4.78, 5) is 12.3. The van der Waals surface area contributed by atoms with Gasteiger partial charge in [-0.25, -0.2) is 0 Å². The third-order valence-corrected chi connectivity index (χ3v) is 3.76. The van der Waals surface area contributed by atoms with Gasteiger partial charge in [-0.1, -0.05) is 19.1 Å². The summed E-state index contributed by atoms with van der Waals surface area (Å²) in [7, 11) is 0. The number of carbonyl (C=O) groups excluding carboxylic acids is 1. The molecule has 1 atom stereocenters. The molecule has 0 aromatic heterocycles. The van der Waals surface area contributed by atoms with Crippen molar-refractivity contribution in [3.8, 4) is 5.75 Å². The number of ether oxygens (including phenoxy) is 1. The van der Waals surface area contributed by atoms with Gasteiger partial charge in [0.1, 0.15) is 5.75 Å². The maximum atomic E-state index is 12.3. The fourth-order valence-corrected chi connectivity index (χ4v) is 2.29. The standard InChI is InChI=1S/C17H18INO2/c1-3-16(21-15-6-4-5-12(2)11-15)17(20)19-14-9-7-13(18)8-10-14/h4-11,16H,3H2,1-2H3,(H,19,20)/t16-/m0/s1. The topological polar surface area (TPSA) is 38.3 Å². The van der Waals surface area contributed by atoms with E-state index in [-0.39, 0.29) is 5.91 Å². The minimum Gasteiger partial charge on any atom is -0.481 e. The number of anilines is 1. The van der Waals surface area contributed by atoms with Crippen LogP contribution in [0.2, 0.25) is 0 Å². The summed E-state index contributed by atoms with van der Waals surface area (Å²) >= 11 is 2.23. The van der Waals surface area contributed by atoms with Crippen molar-refractivity contribution >= 4 is 34.2 Å². The highest BCUT2D eigenvalue weighted by atomic mass is 127. The molecule has 1 N–H and O–H groups in total. The average molecular weight is 395 g/mol. The number of hydrogen-bond acceptors (Lipinski definition) is 2. The van der Waals surface area contributed by atoms with E-state index in [4.69, 9.17) is 4.74 Å². The highest BCUT2D eigenvalue weighted by Crippen LogP contribution is 2.17. The Morgan fingerprint density at radius 3 is 2.57 bits per heavy atom. The first-order valence-electron chi connectivity index (χ1n) is 6.88. The van der Waals surface area contributed by atoms with Crippen molar-refractivity contribution < 1.29 is 9.53 Å². The van der Waals surface area contributed by atoms with E-state index in [9.17, 15) is 4.79 Å². The molecule has 0 spiro atoms. The highest BCUT2D eigenvalue weighted by Gasteiger charge is 2.18. The van der Waals surface area contributed by atoms with E-state index in [0.717, 1.165) is 20.6 Å². The minimum absolute atomic E-state index is 0.125. The molecule has 2 aromatic carbocycles. The zero-order valence-electron chi connectivity index (χ0n) is 12.1. The Bertz CT molecular complexity index is 610. The molecule has 2 rings (SSSR count). The molecule has 0 aliphatic rings. The molecule has 3 nitrogen and oxygen atoms in total. The predicted octanol–water partition coefficient (Wildman–Crippen LogP) is 4.40. The number of halogens is 1. The van der Waals surface area contributed by atoms with Gasteiger partial charge in [0.05, 0.1) is 0 Å².